The number of carbonyl (C=O) groups is 2. The molecular formula is C14H19NO3. The number of fused-ring (bicyclic) bond motifs is 2. The van der Waals surface area contributed by atoms with Crippen molar-refractivity contribution in [1.82, 2.24) is 5.32 Å². The second-order valence-electron chi connectivity index (χ2n) is 5.91. The van der Waals surface area contributed by atoms with E-state index in [1.807, 2.05) is 0 Å². The van der Waals surface area contributed by atoms with Gasteiger partial charge < -0.3 is 10.4 Å². The molecule has 0 unspecified atom stereocenters. The van der Waals surface area contributed by atoms with E-state index in [9.17, 15) is 9.59 Å². The lowest BCUT2D eigenvalue weighted by Crippen LogP contribution is -2.38. The third-order valence-corrected chi connectivity index (χ3v) is 4.70. The quantitative estimate of drug-likeness (QED) is 0.741. The van der Waals surface area contributed by atoms with Crippen LogP contribution in [0.1, 0.15) is 25.7 Å². The summed E-state index contributed by atoms with van der Waals surface area (Å²) in [6.45, 7) is 0.715. The highest BCUT2D eigenvalue weighted by atomic mass is 16.4. The average Bonchev–Trinajstić information content (AvgIpc) is 3.18. The summed E-state index contributed by atoms with van der Waals surface area (Å²) in [6, 6.07) is 0. The number of carboxylic acids is 1. The summed E-state index contributed by atoms with van der Waals surface area (Å²) in [5.41, 5.74) is 0. The Morgan fingerprint density at radius 3 is 2.50 bits per heavy atom. The highest BCUT2D eigenvalue weighted by Crippen LogP contribution is 2.41. The van der Waals surface area contributed by atoms with Gasteiger partial charge in [-0.25, -0.2) is 0 Å². The summed E-state index contributed by atoms with van der Waals surface area (Å²) in [5, 5.41) is 11.7. The summed E-state index contributed by atoms with van der Waals surface area (Å²) in [5.74, 6) is 0.253. The van der Waals surface area contributed by atoms with Crippen molar-refractivity contribution >= 4 is 11.9 Å². The van der Waals surface area contributed by atoms with Crippen LogP contribution >= 0.6 is 0 Å². The summed E-state index contributed by atoms with van der Waals surface area (Å²) < 4.78 is 0. The lowest BCUT2D eigenvalue weighted by atomic mass is 9.69. The SMILES string of the molecule is O=C(O)[C@@H]1C[C@H]1C(=O)NC[C@H]1C[C@H]2C=C[C@H]1CC2. The van der Waals surface area contributed by atoms with Crippen molar-refractivity contribution in [1.29, 1.82) is 0 Å². The Morgan fingerprint density at radius 1 is 1.17 bits per heavy atom. The number of hydrogen-bond donors (Lipinski definition) is 2. The maximum absolute atomic E-state index is 11.8. The molecule has 2 bridgehead atoms. The van der Waals surface area contributed by atoms with E-state index in [0.29, 0.717) is 30.7 Å². The van der Waals surface area contributed by atoms with Crippen molar-refractivity contribution in [3.63, 3.8) is 0 Å². The van der Waals surface area contributed by atoms with Crippen LogP contribution < -0.4 is 5.32 Å². The Labute approximate surface area is 106 Å². The van der Waals surface area contributed by atoms with Crippen LogP contribution in [0.4, 0.5) is 0 Å². The van der Waals surface area contributed by atoms with E-state index in [0.717, 1.165) is 0 Å². The lowest BCUT2D eigenvalue weighted by molar-refractivity contribution is -0.140. The minimum absolute atomic E-state index is 0.0622. The summed E-state index contributed by atoms with van der Waals surface area (Å²) in [7, 11) is 0. The predicted molar refractivity (Wildman–Crippen MR) is 65.7 cm³/mol. The Hall–Kier alpha value is -1.32. The Bertz CT molecular complexity index is 404. The fourth-order valence-electron chi connectivity index (χ4n) is 3.41. The highest BCUT2D eigenvalue weighted by molar-refractivity contribution is 5.89. The zero-order valence-electron chi connectivity index (χ0n) is 10.3. The second-order valence-corrected chi connectivity index (χ2v) is 5.91. The first-order valence-electron chi connectivity index (χ1n) is 6.84. The van der Waals surface area contributed by atoms with Gasteiger partial charge in [0.05, 0.1) is 11.8 Å². The van der Waals surface area contributed by atoms with Crippen molar-refractivity contribution in [2.45, 2.75) is 25.7 Å². The average molecular weight is 249 g/mol. The monoisotopic (exact) mass is 249 g/mol. The van der Waals surface area contributed by atoms with Crippen LogP contribution in [0.2, 0.25) is 0 Å². The maximum Gasteiger partial charge on any atom is 0.307 e. The number of allylic oxidation sites excluding steroid dienone is 2. The predicted octanol–water partition coefficient (Wildman–Crippen LogP) is 1.43. The summed E-state index contributed by atoms with van der Waals surface area (Å²) >= 11 is 0. The molecule has 0 aromatic heterocycles. The molecule has 4 rings (SSSR count). The van der Waals surface area contributed by atoms with E-state index in [1.54, 1.807) is 0 Å². The largest absolute Gasteiger partial charge is 0.481 e. The van der Waals surface area contributed by atoms with Gasteiger partial charge in [0.2, 0.25) is 5.91 Å². The first kappa shape index (κ1) is 11.8. The molecule has 5 atom stereocenters. The molecular weight excluding hydrogens is 230 g/mol. The number of rotatable bonds is 4. The number of carbonyl (C=O) groups excluding carboxylic acids is 1. The van der Waals surface area contributed by atoms with E-state index < -0.39 is 11.9 Å². The fraction of sp³-hybridized carbons (Fsp3) is 0.714. The molecule has 4 aliphatic carbocycles. The number of hydrogen-bond acceptors (Lipinski definition) is 2. The zero-order chi connectivity index (χ0) is 12.7. The molecule has 2 saturated carbocycles. The molecule has 4 aliphatic rings. The minimum atomic E-state index is -0.838. The molecule has 2 fully saturated rings. The van der Waals surface area contributed by atoms with Gasteiger partial charge in [0.1, 0.15) is 0 Å². The molecule has 4 nitrogen and oxygen atoms in total. The topological polar surface area (TPSA) is 66.4 Å². The fourth-order valence-corrected chi connectivity index (χ4v) is 3.41. The normalized spacial score (nSPS) is 40.6. The molecule has 0 aromatic carbocycles. The number of aliphatic carboxylic acids is 1. The van der Waals surface area contributed by atoms with Gasteiger partial charge >= 0.3 is 5.97 Å². The van der Waals surface area contributed by atoms with Gasteiger partial charge in [0.25, 0.3) is 0 Å². The van der Waals surface area contributed by atoms with E-state index in [2.05, 4.69) is 17.5 Å². The van der Waals surface area contributed by atoms with Gasteiger partial charge in [-0.2, -0.15) is 0 Å². The van der Waals surface area contributed by atoms with Crippen molar-refractivity contribution in [3.8, 4) is 0 Å². The van der Waals surface area contributed by atoms with E-state index in [-0.39, 0.29) is 11.8 Å². The van der Waals surface area contributed by atoms with Gasteiger partial charge in [0, 0.05) is 6.54 Å². The molecule has 1 amide bonds. The molecule has 0 saturated heterocycles. The van der Waals surface area contributed by atoms with Crippen molar-refractivity contribution < 1.29 is 14.7 Å². The first-order valence-corrected chi connectivity index (χ1v) is 6.84. The van der Waals surface area contributed by atoms with Crippen LogP contribution in [0, 0.1) is 29.6 Å². The van der Waals surface area contributed by atoms with Gasteiger partial charge in [-0.1, -0.05) is 12.2 Å². The van der Waals surface area contributed by atoms with Crippen LogP contribution in [0.3, 0.4) is 0 Å². The number of carboxylic acid groups (broad SMARTS) is 1. The maximum atomic E-state index is 11.8. The van der Waals surface area contributed by atoms with Crippen molar-refractivity contribution in [3.05, 3.63) is 12.2 Å². The molecule has 0 aromatic rings. The third kappa shape index (κ3) is 2.16. The summed E-state index contributed by atoms with van der Waals surface area (Å²) in [6.07, 6.45) is 8.82. The molecule has 0 aliphatic heterocycles. The van der Waals surface area contributed by atoms with Gasteiger partial charge in [-0.3, -0.25) is 9.59 Å². The molecule has 4 heteroatoms. The Balaban J connectivity index is 1.47. The van der Waals surface area contributed by atoms with E-state index >= 15 is 0 Å². The molecule has 2 N–H and O–H groups in total. The van der Waals surface area contributed by atoms with Crippen LogP contribution in [0.25, 0.3) is 0 Å². The van der Waals surface area contributed by atoms with Crippen LogP contribution in [0.15, 0.2) is 12.2 Å². The Kier molecular flexibility index (Phi) is 2.88. The molecule has 98 valence electrons. The number of amides is 1. The molecule has 0 heterocycles. The standard InChI is InChI=1S/C14H19NO3/c16-13(11-6-12(11)14(17)18)15-7-10-5-8-1-3-9(10)4-2-8/h1,3,8-12H,2,4-7H2,(H,15,16)(H,17,18)/t8-,9-,10+,11+,12+/m0/s1. The van der Waals surface area contributed by atoms with Gasteiger partial charge in [-0.05, 0) is 43.4 Å². The van der Waals surface area contributed by atoms with Crippen LogP contribution in [0.5, 0.6) is 0 Å². The highest BCUT2D eigenvalue weighted by Gasteiger charge is 2.48. The van der Waals surface area contributed by atoms with E-state index in [1.165, 1.54) is 19.3 Å². The first-order chi connectivity index (χ1) is 8.65. The van der Waals surface area contributed by atoms with Crippen molar-refractivity contribution in [2.24, 2.45) is 29.6 Å². The number of nitrogens with one attached hydrogen (secondary N) is 1. The van der Waals surface area contributed by atoms with Crippen molar-refractivity contribution in [2.75, 3.05) is 6.54 Å². The zero-order valence-corrected chi connectivity index (χ0v) is 10.3. The van der Waals surface area contributed by atoms with Crippen LogP contribution in [-0.4, -0.2) is 23.5 Å². The molecule has 18 heavy (non-hydrogen) atoms. The van der Waals surface area contributed by atoms with Gasteiger partial charge in [0.15, 0.2) is 0 Å². The lowest BCUT2D eigenvalue weighted by Gasteiger charge is -2.38. The molecule has 0 radical (unpaired) electrons. The third-order valence-electron chi connectivity index (χ3n) is 4.70. The Morgan fingerprint density at radius 2 is 2.00 bits per heavy atom. The van der Waals surface area contributed by atoms with E-state index in [4.69, 9.17) is 5.11 Å². The van der Waals surface area contributed by atoms with Crippen LogP contribution in [-0.2, 0) is 9.59 Å². The second kappa shape index (κ2) is 4.41. The minimum Gasteiger partial charge on any atom is -0.481 e. The summed E-state index contributed by atoms with van der Waals surface area (Å²) in [4.78, 5) is 22.5. The molecule has 0 spiro atoms. The van der Waals surface area contributed by atoms with Gasteiger partial charge in [-0.15, -0.1) is 0 Å². The smallest absolute Gasteiger partial charge is 0.307 e.